The van der Waals surface area contributed by atoms with Gasteiger partial charge in [-0.05, 0) is 31.2 Å². The fourth-order valence-electron chi connectivity index (χ4n) is 2.78. The van der Waals surface area contributed by atoms with Gasteiger partial charge in [0.2, 0.25) is 0 Å². The van der Waals surface area contributed by atoms with Gasteiger partial charge in [-0.15, -0.1) is 0 Å². The zero-order valence-electron chi connectivity index (χ0n) is 10.3. The first-order valence-electron chi connectivity index (χ1n) is 6.56. The Labute approximate surface area is 108 Å². The molecule has 1 atom stereocenters. The highest BCUT2D eigenvalue weighted by Crippen LogP contribution is 2.43. The molecule has 1 unspecified atom stereocenters. The summed E-state index contributed by atoms with van der Waals surface area (Å²) in [6, 6.07) is 6.91. The molecule has 1 aromatic rings. The van der Waals surface area contributed by atoms with Crippen molar-refractivity contribution < 1.29 is 13.5 Å². The summed E-state index contributed by atoms with van der Waals surface area (Å²) in [4.78, 5) is 0.328. The normalized spacial score (nSPS) is 29.8. The quantitative estimate of drug-likeness (QED) is 0.913. The van der Waals surface area contributed by atoms with Gasteiger partial charge in [0.15, 0.2) is 9.84 Å². The molecule has 1 fully saturated rings. The first kappa shape index (κ1) is 12.2. The lowest BCUT2D eigenvalue weighted by molar-refractivity contribution is 0.0156. The summed E-state index contributed by atoms with van der Waals surface area (Å²) < 4.78 is 24.0. The van der Waals surface area contributed by atoms with Crippen molar-refractivity contribution >= 4 is 9.84 Å². The van der Waals surface area contributed by atoms with Crippen molar-refractivity contribution in [2.24, 2.45) is 5.92 Å². The van der Waals surface area contributed by atoms with Gasteiger partial charge >= 0.3 is 0 Å². The molecule has 4 heteroatoms. The van der Waals surface area contributed by atoms with Gasteiger partial charge in [-0.3, -0.25) is 0 Å². The minimum atomic E-state index is -3.20. The van der Waals surface area contributed by atoms with E-state index in [1.807, 2.05) is 6.07 Å². The molecule has 2 aliphatic rings. The first-order chi connectivity index (χ1) is 8.51. The molecular weight excluding hydrogens is 248 g/mol. The molecule has 1 aliphatic carbocycles. The summed E-state index contributed by atoms with van der Waals surface area (Å²) >= 11 is 0. The van der Waals surface area contributed by atoms with E-state index >= 15 is 0 Å². The number of fused-ring (bicyclic) bond motifs is 1. The zero-order valence-corrected chi connectivity index (χ0v) is 11.1. The van der Waals surface area contributed by atoms with Gasteiger partial charge < -0.3 is 5.11 Å². The van der Waals surface area contributed by atoms with Crippen LogP contribution in [-0.4, -0.2) is 19.3 Å². The second-order valence-electron chi connectivity index (χ2n) is 5.58. The largest absolute Gasteiger partial charge is 0.385 e. The first-order valence-corrected chi connectivity index (χ1v) is 8.21. The van der Waals surface area contributed by atoms with Crippen LogP contribution in [0.2, 0.25) is 0 Å². The Bertz CT molecular complexity index is 560. The second kappa shape index (κ2) is 4.07. The Morgan fingerprint density at radius 3 is 2.72 bits per heavy atom. The van der Waals surface area contributed by atoms with Crippen LogP contribution in [0.1, 0.15) is 37.7 Å². The SMILES string of the molecule is O=S1(=O)CCC(O)(CCC2CC2)c2ccccc21. The fourth-order valence-corrected chi connectivity index (χ4v) is 4.48. The summed E-state index contributed by atoms with van der Waals surface area (Å²) in [5.41, 5.74) is -0.332. The highest BCUT2D eigenvalue weighted by molar-refractivity contribution is 7.91. The molecular formula is C14H18O3S. The molecule has 0 amide bonds. The number of aliphatic hydroxyl groups is 1. The smallest absolute Gasteiger partial charge is 0.178 e. The molecule has 0 aromatic heterocycles. The molecule has 1 heterocycles. The minimum Gasteiger partial charge on any atom is -0.385 e. The van der Waals surface area contributed by atoms with Gasteiger partial charge in [0.05, 0.1) is 16.2 Å². The Morgan fingerprint density at radius 2 is 2.00 bits per heavy atom. The van der Waals surface area contributed by atoms with E-state index in [2.05, 4.69) is 0 Å². The maximum absolute atomic E-state index is 12.0. The summed E-state index contributed by atoms with van der Waals surface area (Å²) in [5, 5.41) is 10.8. The van der Waals surface area contributed by atoms with Crippen LogP contribution in [0, 0.1) is 5.92 Å². The highest BCUT2D eigenvalue weighted by Gasteiger charge is 2.41. The molecule has 0 radical (unpaired) electrons. The molecule has 1 saturated carbocycles. The van der Waals surface area contributed by atoms with E-state index in [1.54, 1.807) is 18.2 Å². The van der Waals surface area contributed by atoms with Crippen molar-refractivity contribution in [1.82, 2.24) is 0 Å². The van der Waals surface area contributed by atoms with Crippen LogP contribution in [0.5, 0.6) is 0 Å². The van der Waals surface area contributed by atoms with Crippen molar-refractivity contribution in [3.05, 3.63) is 29.8 Å². The highest BCUT2D eigenvalue weighted by atomic mass is 32.2. The second-order valence-corrected chi connectivity index (χ2v) is 7.66. The van der Waals surface area contributed by atoms with E-state index < -0.39 is 15.4 Å². The third-order valence-corrected chi connectivity index (χ3v) is 5.94. The average Bonchev–Trinajstić information content (AvgIpc) is 3.17. The van der Waals surface area contributed by atoms with E-state index in [9.17, 15) is 13.5 Å². The molecule has 0 bridgehead atoms. The third-order valence-electron chi connectivity index (χ3n) is 4.17. The van der Waals surface area contributed by atoms with Crippen molar-refractivity contribution in [3.8, 4) is 0 Å². The molecule has 98 valence electrons. The van der Waals surface area contributed by atoms with E-state index in [0.29, 0.717) is 23.3 Å². The predicted molar refractivity (Wildman–Crippen MR) is 69.0 cm³/mol. The summed E-state index contributed by atoms with van der Waals surface area (Å²) in [6.45, 7) is 0. The molecule has 1 N–H and O–H groups in total. The number of hydrogen-bond donors (Lipinski definition) is 1. The molecule has 1 aromatic carbocycles. The molecule has 0 spiro atoms. The number of sulfone groups is 1. The van der Waals surface area contributed by atoms with E-state index in [4.69, 9.17) is 0 Å². The number of rotatable bonds is 3. The van der Waals surface area contributed by atoms with E-state index in [-0.39, 0.29) is 5.75 Å². The van der Waals surface area contributed by atoms with Crippen LogP contribution in [0.15, 0.2) is 29.2 Å². The lowest BCUT2D eigenvalue weighted by Gasteiger charge is -2.34. The maximum Gasteiger partial charge on any atom is 0.178 e. The lowest BCUT2D eigenvalue weighted by Crippen LogP contribution is -2.35. The van der Waals surface area contributed by atoms with Gasteiger partial charge in [0.1, 0.15) is 0 Å². The van der Waals surface area contributed by atoms with E-state index in [0.717, 1.165) is 12.3 Å². The van der Waals surface area contributed by atoms with Crippen LogP contribution < -0.4 is 0 Å². The average molecular weight is 266 g/mol. The van der Waals surface area contributed by atoms with Crippen molar-refractivity contribution in [2.75, 3.05) is 5.75 Å². The van der Waals surface area contributed by atoms with Crippen LogP contribution in [0.4, 0.5) is 0 Å². The predicted octanol–water partition coefficient (Wildman–Crippen LogP) is 2.24. The minimum absolute atomic E-state index is 0.0607. The van der Waals surface area contributed by atoms with Gasteiger partial charge in [-0.1, -0.05) is 31.0 Å². The molecule has 1 aliphatic heterocycles. The van der Waals surface area contributed by atoms with Crippen LogP contribution in [0.25, 0.3) is 0 Å². The van der Waals surface area contributed by atoms with Crippen molar-refractivity contribution in [3.63, 3.8) is 0 Å². The molecule has 3 nitrogen and oxygen atoms in total. The Kier molecular flexibility index (Phi) is 2.75. The maximum atomic E-state index is 12.0. The summed E-state index contributed by atoms with van der Waals surface area (Å²) in [6.07, 6.45) is 4.54. The topological polar surface area (TPSA) is 54.4 Å². The Hall–Kier alpha value is -0.870. The zero-order chi connectivity index (χ0) is 12.8. The molecule has 18 heavy (non-hydrogen) atoms. The van der Waals surface area contributed by atoms with Crippen molar-refractivity contribution in [1.29, 1.82) is 0 Å². The molecule has 3 rings (SSSR count). The number of benzene rings is 1. The Balaban J connectivity index is 1.97. The molecule has 0 saturated heterocycles. The summed E-state index contributed by atoms with van der Waals surface area (Å²) in [7, 11) is -3.20. The monoisotopic (exact) mass is 266 g/mol. The van der Waals surface area contributed by atoms with Gasteiger partial charge in [0.25, 0.3) is 0 Å². The van der Waals surface area contributed by atoms with Gasteiger partial charge in [0, 0.05) is 5.56 Å². The van der Waals surface area contributed by atoms with Crippen LogP contribution in [0.3, 0.4) is 0 Å². The van der Waals surface area contributed by atoms with Crippen LogP contribution in [-0.2, 0) is 15.4 Å². The summed E-state index contributed by atoms with van der Waals surface area (Å²) in [5.74, 6) is 0.810. The fraction of sp³-hybridized carbons (Fsp3) is 0.571. The lowest BCUT2D eigenvalue weighted by atomic mass is 9.85. The van der Waals surface area contributed by atoms with Crippen molar-refractivity contribution in [2.45, 2.75) is 42.6 Å². The number of hydrogen-bond acceptors (Lipinski definition) is 3. The van der Waals surface area contributed by atoms with Gasteiger partial charge in [-0.2, -0.15) is 0 Å². The van der Waals surface area contributed by atoms with E-state index in [1.165, 1.54) is 12.8 Å². The third kappa shape index (κ3) is 2.08. The van der Waals surface area contributed by atoms with Gasteiger partial charge in [-0.25, -0.2) is 8.42 Å². The van der Waals surface area contributed by atoms with Crippen LogP contribution >= 0.6 is 0 Å². The standard InChI is InChI=1S/C14H18O3S/c15-14(8-7-11-5-6-11)9-10-18(16,17)13-4-2-1-3-12(13)14/h1-4,11,15H,5-10H2. The Morgan fingerprint density at radius 1 is 1.28 bits per heavy atom.